The van der Waals surface area contributed by atoms with Crippen molar-refractivity contribution in [1.82, 2.24) is 0 Å². The molecule has 2 aromatic rings. The Kier molecular flexibility index (Phi) is 4.87. The van der Waals surface area contributed by atoms with Crippen LogP contribution in [0, 0.1) is 10.1 Å². The number of benzene rings is 2. The Hall–Kier alpha value is -3.68. The summed E-state index contributed by atoms with van der Waals surface area (Å²) in [4.78, 5) is 36.4. The Balaban J connectivity index is 1.97. The van der Waals surface area contributed by atoms with Gasteiger partial charge in [0.25, 0.3) is 5.69 Å². The van der Waals surface area contributed by atoms with Crippen molar-refractivity contribution in [2.45, 2.75) is 19.4 Å². The van der Waals surface area contributed by atoms with Crippen LogP contribution in [-0.4, -0.2) is 24.0 Å². The molecule has 2 amide bonds. The van der Waals surface area contributed by atoms with Crippen molar-refractivity contribution in [1.29, 1.82) is 0 Å². The molecule has 0 atom stereocenters. The molecule has 0 saturated carbocycles. The summed E-state index contributed by atoms with van der Waals surface area (Å²) in [6.07, 6.45) is 2.31. The van der Waals surface area contributed by atoms with Crippen molar-refractivity contribution in [2.75, 3.05) is 17.3 Å². The number of carbonyl (C=O) groups is 2. The third-order valence-corrected chi connectivity index (χ3v) is 4.42. The summed E-state index contributed by atoms with van der Waals surface area (Å²) >= 11 is 0. The molecule has 0 saturated heterocycles. The van der Waals surface area contributed by atoms with Gasteiger partial charge in [0, 0.05) is 24.8 Å². The molecule has 0 unspecified atom stereocenters. The van der Waals surface area contributed by atoms with E-state index in [1.807, 2.05) is 30.3 Å². The zero-order valence-corrected chi connectivity index (χ0v) is 15.6. The molecule has 0 radical (unpaired) electrons. The van der Waals surface area contributed by atoms with Crippen molar-refractivity contribution in [3.63, 3.8) is 0 Å². The van der Waals surface area contributed by atoms with E-state index in [-0.39, 0.29) is 11.4 Å². The second kappa shape index (κ2) is 7.15. The van der Waals surface area contributed by atoms with Crippen LogP contribution in [0.3, 0.4) is 0 Å². The van der Waals surface area contributed by atoms with Crippen LogP contribution in [0.2, 0.25) is 0 Å². The van der Waals surface area contributed by atoms with Crippen LogP contribution in [0.5, 0.6) is 0 Å². The minimum Gasteiger partial charge on any atom is -0.438 e. The van der Waals surface area contributed by atoms with E-state index >= 15 is 0 Å². The van der Waals surface area contributed by atoms with Crippen molar-refractivity contribution in [3.05, 3.63) is 69.8 Å². The van der Waals surface area contributed by atoms with Gasteiger partial charge in [-0.3, -0.25) is 19.8 Å². The molecule has 1 heterocycles. The minimum absolute atomic E-state index is 0.0332. The van der Waals surface area contributed by atoms with Crippen molar-refractivity contribution >= 4 is 35.1 Å². The third kappa shape index (κ3) is 3.71. The number of nitro groups is 1. The summed E-state index contributed by atoms with van der Waals surface area (Å²) in [6, 6.07) is 11.9. The number of amides is 2. The van der Waals surface area contributed by atoms with Crippen LogP contribution in [0.4, 0.5) is 21.9 Å². The number of rotatable bonds is 4. The van der Waals surface area contributed by atoms with E-state index in [9.17, 15) is 19.7 Å². The van der Waals surface area contributed by atoms with Gasteiger partial charge in [-0.2, -0.15) is 0 Å². The predicted octanol–water partition coefficient (Wildman–Crippen LogP) is 4.07. The highest BCUT2D eigenvalue weighted by atomic mass is 16.6. The lowest BCUT2D eigenvalue weighted by atomic mass is 9.93. The van der Waals surface area contributed by atoms with Gasteiger partial charge in [-0.05, 0) is 31.6 Å². The van der Waals surface area contributed by atoms with Gasteiger partial charge < -0.3 is 10.1 Å². The second-order valence-electron chi connectivity index (χ2n) is 6.81. The average Bonchev–Trinajstić information content (AvgIpc) is 2.65. The fourth-order valence-corrected chi connectivity index (χ4v) is 2.94. The highest BCUT2D eigenvalue weighted by Gasteiger charge is 2.39. The first-order valence-electron chi connectivity index (χ1n) is 8.53. The van der Waals surface area contributed by atoms with Crippen molar-refractivity contribution < 1.29 is 19.2 Å². The van der Waals surface area contributed by atoms with Gasteiger partial charge in [0.15, 0.2) is 0 Å². The number of hydrogen-bond acceptors (Lipinski definition) is 5. The van der Waals surface area contributed by atoms with Crippen molar-refractivity contribution in [3.8, 4) is 0 Å². The lowest BCUT2D eigenvalue weighted by Crippen LogP contribution is -2.41. The molecule has 28 heavy (non-hydrogen) atoms. The van der Waals surface area contributed by atoms with Gasteiger partial charge in [-0.25, -0.2) is 4.79 Å². The Bertz CT molecular complexity index is 983. The average molecular weight is 381 g/mol. The Morgan fingerprint density at radius 3 is 2.57 bits per heavy atom. The molecule has 0 fully saturated rings. The normalized spacial score (nSPS) is 15.1. The number of nitrogens with zero attached hydrogens (tertiary/aromatic N) is 2. The molecule has 3 rings (SSSR count). The molecule has 1 aliphatic heterocycles. The summed E-state index contributed by atoms with van der Waals surface area (Å²) in [5, 5.41) is 14.1. The predicted molar refractivity (Wildman–Crippen MR) is 105 cm³/mol. The second-order valence-corrected chi connectivity index (χ2v) is 6.81. The lowest BCUT2D eigenvalue weighted by molar-refractivity contribution is -0.383. The van der Waals surface area contributed by atoms with E-state index < -0.39 is 22.5 Å². The zero-order valence-electron chi connectivity index (χ0n) is 15.6. The van der Waals surface area contributed by atoms with Crippen LogP contribution >= 0.6 is 0 Å². The summed E-state index contributed by atoms with van der Waals surface area (Å²) in [7, 11) is 1.47. The van der Waals surface area contributed by atoms with E-state index in [4.69, 9.17) is 4.74 Å². The molecule has 0 aromatic heterocycles. The van der Waals surface area contributed by atoms with Crippen LogP contribution < -0.4 is 10.2 Å². The van der Waals surface area contributed by atoms with E-state index in [1.165, 1.54) is 30.2 Å². The summed E-state index contributed by atoms with van der Waals surface area (Å²) < 4.78 is 5.37. The minimum atomic E-state index is -0.993. The molecular weight excluding hydrogens is 362 g/mol. The molecule has 2 aromatic carbocycles. The summed E-state index contributed by atoms with van der Waals surface area (Å²) in [5.74, 6) is -0.508. The van der Waals surface area contributed by atoms with Crippen LogP contribution in [0.1, 0.15) is 25.0 Å². The van der Waals surface area contributed by atoms with Gasteiger partial charge in [-0.1, -0.05) is 30.3 Å². The molecule has 0 spiro atoms. The van der Waals surface area contributed by atoms with Crippen molar-refractivity contribution in [2.24, 2.45) is 0 Å². The Morgan fingerprint density at radius 2 is 1.93 bits per heavy atom. The Labute approximate surface area is 161 Å². The van der Waals surface area contributed by atoms with E-state index in [1.54, 1.807) is 19.9 Å². The number of ether oxygens (including phenoxy) is 1. The van der Waals surface area contributed by atoms with E-state index in [0.717, 1.165) is 5.56 Å². The summed E-state index contributed by atoms with van der Waals surface area (Å²) in [5.41, 5.74) is 0.483. The number of cyclic esters (lactones) is 1. The first-order chi connectivity index (χ1) is 13.2. The number of hydrogen-bond donors (Lipinski definition) is 1. The largest absolute Gasteiger partial charge is 0.438 e. The van der Waals surface area contributed by atoms with E-state index in [0.29, 0.717) is 11.3 Å². The number of fused-ring (bicyclic) bond motifs is 1. The van der Waals surface area contributed by atoms with Gasteiger partial charge in [-0.15, -0.1) is 0 Å². The molecule has 144 valence electrons. The van der Waals surface area contributed by atoms with Gasteiger partial charge in [0.05, 0.1) is 10.6 Å². The number of nitro benzene ring substituents is 1. The molecule has 1 N–H and O–H groups in total. The smallest absolute Gasteiger partial charge is 0.414 e. The van der Waals surface area contributed by atoms with Crippen LogP contribution in [0.15, 0.2) is 48.5 Å². The number of anilines is 2. The summed E-state index contributed by atoms with van der Waals surface area (Å²) in [6.45, 7) is 3.37. The molecule has 1 aliphatic rings. The fourth-order valence-electron chi connectivity index (χ4n) is 2.94. The fraction of sp³-hybridized carbons (Fsp3) is 0.200. The zero-order chi connectivity index (χ0) is 20.5. The first kappa shape index (κ1) is 19.1. The highest BCUT2D eigenvalue weighted by molar-refractivity contribution is 6.04. The molecular formula is C20H19N3O5. The maximum absolute atomic E-state index is 12.3. The topological polar surface area (TPSA) is 102 Å². The maximum Gasteiger partial charge on any atom is 0.414 e. The van der Waals surface area contributed by atoms with Gasteiger partial charge in [0.1, 0.15) is 11.3 Å². The number of nitrogens with one attached hydrogen (secondary N) is 1. The SMILES string of the molecule is CN1C(=O)OC(C)(C)c2cc(NC(=O)/C=C/c3ccccc3)c([N+](=O)[O-])cc21. The van der Waals surface area contributed by atoms with Gasteiger partial charge >= 0.3 is 6.09 Å². The molecule has 8 heteroatoms. The number of carbonyl (C=O) groups excluding carboxylic acids is 2. The third-order valence-electron chi connectivity index (χ3n) is 4.42. The molecule has 0 aliphatic carbocycles. The van der Waals surface area contributed by atoms with Crippen LogP contribution in [0.25, 0.3) is 6.08 Å². The lowest BCUT2D eigenvalue weighted by Gasteiger charge is -2.36. The monoisotopic (exact) mass is 381 g/mol. The molecule has 0 bridgehead atoms. The van der Waals surface area contributed by atoms with E-state index in [2.05, 4.69) is 5.32 Å². The standard InChI is InChI=1S/C20H19N3O5/c1-20(2)14-11-15(21-18(24)10-9-13-7-5-4-6-8-13)17(23(26)27)12-16(14)22(3)19(25)28-20/h4-12H,1-3H3,(H,21,24)/b10-9+. The first-order valence-corrected chi connectivity index (χ1v) is 8.53. The quantitative estimate of drug-likeness (QED) is 0.489. The van der Waals surface area contributed by atoms with Crippen LogP contribution in [-0.2, 0) is 15.1 Å². The Morgan fingerprint density at radius 1 is 1.25 bits per heavy atom. The molecule has 8 nitrogen and oxygen atoms in total. The van der Waals surface area contributed by atoms with Gasteiger partial charge in [0.2, 0.25) is 5.91 Å². The maximum atomic E-state index is 12.3. The highest BCUT2D eigenvalue weighted by Crippen LogP contribution is 2.43.